The van der Waals surface area contributed by atoms with E-state index in [1.54, 1.807) is 76.6 Å². The number of carbonyl (C=O) groups excluding carboxylic acids is 5. The number of nitrogens with one attached hydrogen (secondary N) is 3. The Labute approximate surface area is 631 Å². The van der Waals surface area contributed by atoms with Gasteiger partial charge in [-0.25, -0.2) is 0 Å². The molecule has 109 heavy (non-hydrogen) atoms. The van der Waals surface area contributed by atoms with Gasteiger partial charge in [-0.15, -0.1) is 20.4 Å². The molecule has 34 heteroatoms. The molecule has 5 heterocycles. The topological polar surface area (TPSA) is 439 Å². The van der Waals surface area contributed by atoms with Gasteiger partial charge in [0.1, 0.15) is 35.1 Å². The highest BCUT2D eigenvalue weighted by Crippen LogP contribution is 2.40. The number of hydrogen-bond acceptors (Lipinski definition) is 23. The van der Waals surface area contributed by atoms with Crippen LogP contribution in [0.3, 0.4) is 0 Å². The fourth-order valence-corrected chi connectivity index (χ4v) is 14.0. The summed E-state index contributed by atoms with van der Waals surface area (Å²) in [5.41, 5.74) is 4.59. The van der Waals surface area contributed by atoms with Crippen LogP contribution in [0.4, 0.5) is 0 Å². The fourth-order valence-electron chi connectivity index (χ4n) is 14.0. The monoisotopic (exact) mass is 1510 g/mol. The summed E-state index contributed by atoms with van der Waals surface area (Å²) in [6.45, 7) is 15.4. The van der Waals surface area contributed by atoms with Crippen molar-refractivity contribution < 1.29 is 84.0 Å². The van der Waals surface area contributed by atoms with Crippen LogP contribution in [0.2, 0.25) is 0 Å². The first-order valence-corrected chi connectivity index (χ1v) is 37.0. The lowest BCUT2D eigenvalue weighted by Crippen LogP contribution is -2.55. The molecule has 3 aliphatic rings. The Hall–Kier alpha value is -10.7. The molecule has 0 unspecified atom stereocenters. The van der Waals surface area contributed by atoms with Gasteiger partial charge >= 0.3 is 23.9 Å². The van der Waals surface area contributed by atoms with Crippen molar-refractivity contribution in [3.63, 3.8) is 0 Å². The summed E-state index contributed by atoms with van der Waals surface area (Å²) in [5, 5.41) is 109. The Balaban J connectivity index is 0.865. The van der Waals surface area contributed by atoms with E-state index in [1.807, 2.05) is 64.1 Å². The van der Waals surface area contributed by atoms with E-state index in [0.29, 0.717) is 87.9 Å². The van der Waals surface area contributed by atoms with E-state index in [-0.39, 0.29) is 179 Å². The molecule has 0 bridgehead atoms. The molecule has 2 atom stereocenters. The van der Waals surface area contributed by atoms with Crippen molar-refractivity contribution in [3.8, 4) is 57.1 Å². The van der Waals surface area contributed by atoms with E-state index in [9.17, 15) is 84.0 Å². The van der Waals surface area contributed by atoms with Crippen LogP contribution in [-0.4, -0.2) is 313 Å². The number of phenols is 4. The third kappa shape index (κ3) is 22.0. The average molecular weight is 1510 g/mol. The molecule has 3 aliphatic heterocycles. The Bertz CT molecular complexity index is 4160. The molecule has 0 aliphatic carbocycles. The average Bonchev–Trinajstić information content (AvgIpc) is 1.66. The number of amides is 5. The van der Waals surface area contributed by atoms with Gasteiger partial charge in [0.15, 0.2) is 11.6 Å². The van der Waals surface area contributed by atoms with Crippen molar-refractivity contribution >= 4 is 53.4 Å². The standard InChI is InChI=1S/C75H101N17O17/c1-7-76-72(105)70-81-79-68(55-38-53(47(3)4)59(93)40-61(55)95)91(70)51-16-12-49(13-17-51)42-83-28-34-89(35-29-83)64(98)11-9-10-57(78-63(97)21-20-58(75(108)109)88-32-26-86(45-66(101)102)24-22-85(44-65(99)100)23-25-87(27-33-88)46-67(103)104)74(107)90-36-30-84(31-37-90)43-50-14-18-52(19-15-50)92-69(80-82-71(92)73(106)77-8-2)56-39-54(48(5)6)60(94)41-62(56)96/h12-19,38-41,47-48,57-58,93-96H,7-11,20-37,42-46H2,1-6H3,(H,76,105)(H,77,106)(H,78,97)(H,99,100)(H,101,102)(H,103,104)(H,108,109)/t57-,58+/m0/s1. The molecule has 4 aromatic carbocycles. The predicted octanol–water partition coefficient (Wildman–Crippen LogP) is 3.10. The first kappa shape index (κ1) is 82.4. The van der Waals surface area contributed by atoms with Gasteiger partial charge in [-0.3, -0.25) is 81.7 Å². The van der Waals surface area contributed by atoms with Crippen molar-refractivity contribution in [2.75, 3.05) is 137 Å². The largest absolute Gasteiger partial charge is 0.508 e. The molecule has 11 N–H and O–H groups in total. The van der Waals surface area contributed by atoms with Gasteiger partial charge in [-0.05, 0) is 104 Å². The van der Waals surface area contributed by atoms with Gasteiger partial charge in [0.05, 0.1) is 30.8 Å². The predicted molar refractivity (Wildman–Crippen MR) is 398 cm³/mol. The Morgan fingerprint density at radius 1 is 0.450 bits per heavy atom. The van der Waals surface area contributed by atoms with Gasteiger partial charge in [0.25, 0.3) is 11.8 Å². The normalized spacial score (nSPS) is 16.3. The van der Waals surface area contributed by atoms with E-state index in [1.165, 1.54) is 12.1 Å². The number of phenolic OH excluding ortho intramolecular Hbond substituents is 4. The molecule has 2 aromatic heterocycles. The maximum Gasteiger partial charge on any atom is 0.320 e. The van der Waals surface area contributed by atoms with Crippen molar-refractivity contribution in [1.29, 1.82) is 0 Å². The van der Waals surface area contributed by atoms with Crippen LogP contribution in [0.5, 0.6) is 23.0 Å². The van der Waals surface area contributed by atoms with E-state index < -0.39 is 72.7 Å². The van der Waals surface area contributed by atoms with Crippen molar-refractivity contribution in [2.45, 2.75) is 111 Å². The van der Waals surface area contributed by atoms with Gasteiger partial charge < -0.3 is 66.6 Å². The molecule has 0 radical (unpaired) electrons. The van der Waals surface area contributed by atoms with Crippen LogP contribution in [-0.2, 0) is 46.7 Å². The number of carbonyl (C=O) groups is 9. The molecule has 0 saturated carbocycles. The molecule has 34 nitrogen and oxygen atoms in total. The van der Waals surface area contributed by atoms with Gasteiger partial charge in [0.2, 0.25) is 29.4 Å². The van der Waals surface area contributed by atoms with Gasteiger partial charge in [-0.1, -0.05) is 52.0 Å². The molecule has 9 rings (SSSR count). The highest BCUT2D eigenvalue weighted by atomic mass is 16.4. The number of piperazine rings is 2. The van der Waals surface area contributed by atoms with Crippen molar-refractivity contribution in [1.82, 2.24) is 84.7 Å². The fraction of sp³-hybridized carbons (Fsp3) is 0.507. The van der Waals surface area contributed by atoms with E-state index in [2.05, 4.69) is 46.1 Å². The minimum Gasteiger partial charge on any atom is -0.508 e. The summed E-state index contributed by atoms with van der Waals surface area (Å²) in [6.07, 6.45) is -0.302. The molecule has 0 spiro atoms. The minimum atomic E-state index is -1.32. The lowest BCUT2D eigenvalue weighted by Gasteiger charge is -2.37. The van der Waals surface area contributed by atoms with Crippen LogP contribution in [0.1, 0.15) is 129 Å². The highest BCUT2D eigenvalue weighted by molar-refractivity contribution is 5.93. The van der Waals surface area contributed by atoms with Crippen LogP contribution in [0.25, 0.3) is 34.2 Å². The molecule has 3 fully saturated rings. The number of aliphatic carboxylic acids is 4. The SMILES string of the molecule is CCNC(=O)c1nnc(-c2cc(C(C)C)c(O)cc2O)n1-c1ccc(CN2CCN(C(=O)CCC[C@H](NC(=O)CC[C@H](C(=O)O)N3CCN(CC(=O)O)CCN(CC(=O)O)CCN(CC(=O)O)CC3)C(=O)N3CCN(Cc4ccc(-n5c(C(=O)NCC)nnc5-c5cc(C(C)C)c(O)cc5O)cc4)CC3)CC2)cc1. The van der Waals surface area contributed by atoms with E-state index >= 15 is 0 Å². The summed E-state index contributed by atoms with van der Waals surface area (Å²) < 4.78 is 3.10. The smallest absolute Gasteiger partial charge is 0.320 e. The van der Waals surface area contributed by atoms with Gasteiger partial charge in [-0.2, -0.15) is 0 Å². The quantitative estimate of drug-likeness (QED) is 0.0298. The van der Waals surface area contributed by atoms with E-state index in [0.717, 1.165) is 11.1 Å². The number of benzene rings is 4. The first-order chi connectivity index (χ1) is 52.1. The number of carboxylic acid groups (broad SMARTS) is 4. The second-order valence-electron chi connectivity index (χ2n) is 28.3. The summed E-state index contributed by atoms with van der Waals surface area (Å²) >= 11 is 0. The minimum absolute atomic E-state index is 0.000499. The maximum atomic E-state index is 14.8. The van der Waals surface area contributed by atoms with Crippen LogP contribution >= 0.6 is 0 Å². The molecule has 5 amide bonds. The Kier molecular flexibility index (Phi) is 29.1. The van der Waals surface area contributed by atoms with Gasteiger partial charge in [0, 0.05) is 167 Å². The molecular formula is C75H101N17O17. The van der Waals surface area contributed by atoms with E-state index in [4.69, 9.17) is 0 Å². The second kappa shape index (κ2) is 38.4. The Morgan fingerprint density at radius 3 is 1.21 bits per heavy atom. The number of rotatable bonds is 31. The zero-order valence-corrected chi connectivity index (χ0v) is 62.5. The number of aromatic nitrogens is 6. The maximum absolute atomic E-state index is 14.8. The molecule has 6 aromatic rings. The lowest BCUT2D eigenvalue weighted by atomic mass is 9.98. The zero-order chi connectivity index (χ0) is 78.8. The van der Waals surface area contributed by atoms with Crippen LogP contribution in [0, 0.1) is 0 Å². The highest BCUT2D eigenvalue weighted by Gasteiger charge is 2.34. The van der Waals surface area contributed by atoms with Crippen molar-refractivity contribution in [3.05, 3.63) is 107 Å². The molecular weight excluding hydrogens is 1410 g/mol. The third-order valence-electron chi connectivity index (χ3n) is 19.9. The van der Waals surface area contributed by atoms with Crippen LogP contribution in [0.15, 0.2) is 72.8 Å². The first-order valence-electron chi connectivity index (χ1n) is 37.0. The summed E-state index contributed by atoms with van der Waals surface area (Å²) in [6, 6.07) is 18.2. The second-order valence-corrected chi connectivity index (χ2v) is 28.3. The summed E-state index contributed by atoms with van der Waals surface area (Å²) in [7, 11) is 0. The summed E-state index contributed by atoms with van der Waals surface area (Å²) in [4.78, 5) is 133. The number of aromatic hydroxyl groups is 4. The molecule has 588 valence electrons. The van der Waals surface area contributed by atoms with Crippen molar-refractivity contribution in [2.24, 2.45) is 0 Å². The number of carboxylic acids is 4. The molecule has 3 saturated heterocycles. The Morgan fingerprint density at radius 2 is 0.835 bits per heavy atom. The number of nitrogens with zero attached hydrogens (tertiary/aromatic N) is 14. The number of hydrogen-bond donors (Lipinski definition) is 11. The lowest BCUT2D eigenvalue weighted by molar-refractivity contribution is -0.145. The summed E-state index contributed by atoms with van der Waals surface area (Å²) in [5.74, 6) is -7.36. The van der Waals surface area contributed by atoms with Crippen LogP contribution < -0.4 is 16.0 Å². The third-order valence-corrected chi connectivity index (χ3v) is 19.9. The zero-order valence-electron chi connectivity index (χ0n) is 62.5.